The number of hydrogen-bond acceptors (Lipinski definition) is 3. The van der Waals surface area contributed by atoms with Crippen LogP contribution in [0.2, 0.25) is 5.02 Å². The maximum Gasteiger partial charge on any atom is 0.270 e. The first-order chi connectivity index (χ1) is 14.9. The summed E-state index contributed by atoms with van der Waals surface area (Å²) in [5, 5.41) is 1.53. The summed E-state index contributed by atoms with van der Waals surface area (Å²) in [6.45, 7) is 6.54. The number of aromatic amines is 1. The minimum Gasteiger partial charge on any atom is -0.351 e. The number of H-pyrrole nitrogens is 1. The maximum atomic E-state index is 13.0. The normalized spacial score (nSPS) is 18.5. The van der Waals surface area contributed by atoms with Crippen LogP contribution in [0.5, 0.6) is 0 Å². The highest BCUT2D eigenvalue weighted by atomic mass is 35.5. The molecule has 32 heavy (non-hydrogen) atoms. The van der Waals surface area contributed by atoms with Gasteiger partial charge in [-0.3, -0.25) is 9.59 Å². The summed E-state index contributed by atoms with van der Waals surface area (Å²) in [6.07, 6.45) is 4.73. The van der Waals surface area contributed by atoms with Crippen molar-refractivity contribution < 1.29 is 9.59 Å². The fraction of sp³-hybridized carbons (Fsp3) is 0.583. The van der Waals surface area contributed by atoms with Gasteiger partial charge in [-0.05, 0) is 88.8 Å². The Kier molecular flexibility index (Phi) is 8.48. The van der Waals surface area contributed by atoms with Gasteiger partial charge in [0.1, 0.15) is 12.2 Å². The Morgan fingerprint density at radius 2 is 1.69 bits per heavy atom. The first-order valence-corrected chi connectivity index (χ1v) is 11.9. The van der Waals surface area contributed by atoms with Crippen LogP contribution in [0.15, 0.2) is 24.3 Å². The molecule has 2 aromatic rings. The fourth-order valence-corrected chi connectivity index (χ4v) is 5.28. The zero-order chi connectivity index (χ0) is 22.0. The first kappa shape index (κ1) is 24.9. The third kappa shape index (κ3) is 5.59. The van der Waals surface area contributed by atoms with E-state index in [9.17, 15) is 9.59 Å². The number of halogens is 2. The van der Waals surface area contributed by atoms with E-state index in [1.807, 2.05) is 30.0 Å². The molecule has 6 nitrogen and oxygen atoms in total. The summed E-state index contributed by atoms with van der Waals surface area (Å²) in [4.78, 5) is 35.1. The molecule has 0 radical (unpaired) electrons. The predicted molar refractivity (Wildman–Crippen MR) is 132 cm³/mol. The molecule has 0 unspecified atom stereocenters. The van der Waals surface area contributed by atoms with Crippen LogP contribution in [-0.4, -0.2) is 77.8 Å². The van der Waals surface area contributed by atoms with Gasteiger partial charge in [0.2, 0.25) is 5.91 Å². The molecular weight excluding hydrogens is 447 g/mol. The van der Waals surface area contributed by atoms with Crippen LogP contribution >= 0.6 is 24.0 Å². The molecule has 0 spiro atoms. The summed E-state index contributed by atoms with van der Waals surface area (Å²) in [7, 11) is 2.20. The number of fused-ring (bicyclic) bond motifs is 1. The third-order valence-electron chi connectivity index (χ3n) is 7.13. The van der Waals surface area contributed by atoms with E-state index >= 15 is 0 Å². The van der Waals surface area contributed by atoms with Gasteiger partial charge in [-0.15, -0.1) is 12.4 Å². The van der Waals surface area contributed by atoms with Crippen molar-refractivity contribution in [3.05, 3.63) is 35.0 Å². The summed E-state index contributed by atoms with van der Waals surface area (Å²) < 4.78 is 0. The molecule has 4 rings (SSSR count). The Bertz CT molecular complexity index is 931. The van der Waals surface area contributed by atoms with Crippen molar-refractivity contribution in [3.8, 4) is 0 Å². The van der Waals surface area contributed by atoms with E-state index < -0.39 is 0 Å². The average Bonchev–Trinajstić information content (AvgIpc) is 3.20. The number of benzene rings is 1. The van der Waals surface area contributed by atoms with Gasteiger partial charge in [-0.1, -0.05) is 11.6 Å². The van der Waals surface area contributed by atoms with Gasteiger partial charge in [0.25, 0.3) is 5.91 Å². The molecule has 1 aromatic heterocycles. The van der Waals surface area contributed by atoms with Crippen LogP contribution in [0, 0.1) is 11.8 Å². The molecule has 1 N–H and O–H groups in total. The molecule has 3 heterocycles. The summed E-state index contributed by atoms with van der Waals surface area (Å²) in [5.41, 5.74) is 1.36. The van der Waals surface area contributed by atoms with E-state index in [1.165, 1.54) is 25.9 Å². The van der Waals surface area contributed by atoms with Crippen molar-refractivity contribution in [1.29, 1.82) is 0 Å². The number of hydrogen-bond donors (Lipinski definition) is 1. The summed E-state index contributed by atoms with van der Waals surface area (Å²) in [5.74, 6) is 1.44. The monoisotopic (exact) mass is 480 g/mol. The highest BCUT2D eigenvalue weighted by molar-refractivity contribution is 6.31. The standard InChI is InChI=1S/C24H33ClN4O2.ClH/c1-3-28(24(31)22-15-19-14-20(25)4-5-21(19)26-22)16-23(30)29-12-8-18(9-13-29)17-6-10-27(2)11-7-17;/h4-5,14-15,17-18,26H,3,6-13,16H2,1-2H3;1H. The molecular formula is C24H34Cl2N4O2. The number of rotatable bonds is 5. The number of carbonyl (C=O) groups excluding carboxylic acids is 2. The first-order valence-electron chi connectivity index (χ1n) is 11.5. The minimum atomic E-state index is -0.149. The van der Waals surface area contributed by atoms with Crippen LogP contribution < -0.4 is 0 Å². The number of likely N-dealkylation sites (N-methyl/N-ethyl adjacent to an activating group) is 1. The summed E-state index contributed by atoms with van der Waals surface area (Å²) >= 11 is 6.06. The molecule has 2 aliphatic heterocycles. The molecule has 2 aliphatic rings. The Morgan fingerprint density at radius 3 is 2.31 bits per heavy atom. The lowest BCUT2D eigenvalue weighted by Gasteiger charge is -2.39. The second kappa shape index (κ2) is 10.9. The molecule has 2 fully saturated rings. The van der Waals surface area contributed by atoms with Crippen molar-refractivity contribution in [2.75, 3.05) is 46.3 Å². The van der Waals surface area contributed by atoms with Crippen LogP contribution in [0.1, 0.15) is 43.1 Å². The highest BCUT2D eigenvalue weighted by Crippen LogP contribution is 2.32. The van der Waals surface area contributed by atoms with Gasteiger partial charge in [0.15, 0.2) is 0 Å². The van der Waals surface area contributed by atoms with E-state index in [1.54, 1.807) is 11.0 Å². The van der Waals surface area contributed by atoms with E-state index in [-0.39, 0.29) is 30.8 Å². The van der Waals surface area contributed by atoms with Gasteiger partial charge < -0.3 is 19.7 Å². The Morgan fingerprint density at radius 1 is 1.06 bits per heavy atom. The van der Waals surface area contributed by atoms with Gasteiger partial charge in [-0.2, -0.15) is 0 Å². The number of nitrogens with one attached hydrogen (secondary N) is 1. The van der Waals surface area contributed by atoms with Crippen LogP contribution in [0.4, 0.5) is 0 Å². The molecule has 176 valence electrons. The molecule has 1 aromatic carbocycles. The lowest BCUT2D eigenvalue weighted by molar-refractivity contribution is -0.133. The lowest BCUT2D eigenvalue weighted by Crippen LogP contribution is -2.47. The third-order valence-corrected chi connectivity index (χ3v) is 7.37. The Labute approximate surface area is 201 Å². The topological polar surface area (TPSA) is 59.7 Å². The van der Waals surface area contributed by atoms with Gasteiger partial charge in [-0.25, -0.2) is 0 Å². The fourth-order valence-electron chi connectivity index (χ4n) is 5.10. The molecule has 2 saturated heterocycles. The lowest BCUT2D eigenvalue weighted by atomic mass is 9.79. The smallest absolute Gasteiger partial charge is 0.270 e. The average molecular weight is 481 g/mol. The van der Waals surface area contributed by atoms with Gasteiger partial charge in [0.05, 0.1) is 0 Å². The van der Waals surface area contributed by atoms with Crippen molar-refractivity contribution in [1.82, 2.24) is 19.7 Å². The quantitative estimate of drug-likeness (QED) is 0.694. The maximum absolute atomic E-state index is 13.0. The number of amides is 2. The van der Waals surface area contributed by atoms with Crippen molar-refractivity contribution in [3.63, 3.8) is 0 Å². The van der Waals surface area contributed by atoms with E-state index in [4.69, 9.17) is 11.6 Å². The molecule has 0 bridgehead atoms. The van der Waals surface area contributed by atoms with Crippen molar-refractivity contribution >= 4 is 46.7 Å². The molecule has 0 aliphatic carbocycles. The van der Waals surface area contributed by atoms with E-state index in [2.05, 4.69) is 16.9 Å². The number of nitrogens with zero attached hydrogens (tertiary/aromatic N) is 3. The van der Waals surface area contributed by atoms with Crippen LogP contribution in [-0.2, 0) is 4.79 Å². The number of carbonyl (C=O) groups is 2. The van der Waals surface area contributed by atoms with Crippen molar-refractivity contribution in [2.45, 2.75) is 32.6 Å². The minimum absolute atomic E-state index is 0. The molecule has 8 heteroatoms. The second-order valence-corrected chi connectivity index (χ2v) is 9.53. The number of aromatic nitrogens is 1. The van der Waals surface area contributed by atoms with Crippen LogP contribution in [0.25, 0.3) is 10.9 Å². The van der Waals surface area contributed by atoms with E-state index in [0.29, 0.717) is 17.3 Å². The zero-order valence-electron chi connectivity index (χ0n) is 19.0. The zero-order valence-corrected chi connectivity index (χ0v) is 20.6. The Balaban J connectivity index is 0.00000289. The molecule has 0 saturated carbocycles. The van der Waals surface area contributed by atoms with Crippen LogP contribution in [0.3, 0.4) is 0 Å². The second-order valence-electron chi connectivity index (χ2n) is 9.09. The molecule has 0 atom stereocenters. The van der Waals surface area contributed by atoms with E-state index in [0.717, 1.165) is 48.7 Å². The SMILES string of the molecule is CCN(CC(=O)N1CCC(C2CCN(C)CC2)CC1)C(=O)c1cc2cc(Cl)ccc2[nH]1.Cl. The molecule has 2 amide bonds. The summed E-state index contributed by atoms with van der Waals surface area (Å²) in [6, 6.07) is 7.30. The van der Waals surface area contributed by atoms with Gasteiger partial charge in [0, 0.05) is 35.6 Å². The van der Waals surface area contributed by atoms with Gasteiger partial charge >= 0.3 is 0 Å². The van der Waals surface area contributed by atoms with Crippen molar-refractivity contribution in [2.24, 2.45) is 11.8 Å². The highest BCUT2D eigenvalue weighted by Gasteiger charge is 2.31. The number of likely N-dealkylation sites (tertiary alicyclic amines) is 2. The Hall–Kier alpha value is -1.76. The largest absolute Gasteiger partial charge is 0.351 e. The predicted octanol–water partition coefficient (Wildman–Crippen LogP) is 4.29. The number of piperidine rings is 2.